The van der Waals surface area contributed by atoms with E-state index in [1.54, 1.807) is 24.6 Å². The molecule has 7 nitrogen and oxygen atoms in total. The molecule has 0 amide bonds. The number of hydrogen-bond donors (Lipinski definition) is 1. The van der Waals surface area contributed by atoms with E-state index in [0.29, 0.717) is 30.7 Å². The van der Waals surface area contributed by atoms with Crippen LogP contribution in [-0.2, 0) is 11.3 Å². The summed E-state index contributed by atoms with van der Waals surface area (Å²) in [6, 6.07) is 13.7. The lowest BCUT2D eigenvalue weighted by atomic mass is 10.2. The third kappa shape index (κ3) is 3.32. The first-order chi connectivity index (χ1) is 12.8. The van der Waals surface area contributed by atoms with Crippen LogP contribution in [0.4, 0.5) is 5.82 Å². The largest absolute Gasteiger partial charge is 0.493 e. The molecule has 0 saturated carbocycles. The number of hydrazine groups is 1. The Bertz CT molecular complexity index is 931. The molecule has 2 heterocycles. The van der Waals surface area contributed by atoms with E-state index >= 15 is 0 Å². The summed E-state index contributed by atoms with van der Waals surface area (Å²) in [5, 5.41) is 2.62. The lowest BCUT2D eigenvalue weighted by Gasteiger charge is -2.18. The average Bonchev–Trinajstić information content (AvgIpc) is 3.20. The molecule has 26 heavy (non-hydrogen) atoms. The van der Waals surface area contributed by atoms with Crippen molar-refractivity contribution < 1.29 is 14.2 Å². The van der Waals surface area contributed by atoms with Crippen LogP contribution < -0.4 is 14.9 Å². The van der Waals surface area contributed by atoms with E-state index in [-0.39, 0.29) is 0 Å². The summed E-state index contributed by atoms with van der Waals surface area (Å²) in [4.78, 5) is 8.67. The number of ether oxygens (including phenoxy) is 3. The summed E-state index contributed by atoms with van der Waals surface area (Å²) in [7, 11) is 1.62. The Kier molecular flexibility index (Phi) is 4.42. The van der Waals surface area contributed by atoms with Gasteiger partial charge in [-0.2, -0.15) is 0 Å². The lowest BCUT2D eigenvalue weighted by molar-refractivity contribution is 0.190. The van der Waals surface area contributed by atoms with Crippen molar-refractivity contribution in [3.05, 3.63) is 66.8 Å². The highest BCUT2D eigenvalue weighted by atomic mass is 16.5. The maximum atomic E-state index is 5.95. The Balaban J connectivity index is 1.63. The number of rotatable bonds is 6. The van der Waals surface area contributed by atoms with Gasteiger partial charge in [-0.15, -0.1) is 0 Å². The van der Waals surface area contributed by atoms with Crippen LogP contribution in [0.5, 0.6) is 11.5 Å². The van der Waals surface area contributed by atoms with Crippen LogP contribution in [-0.4, -0.2) is 28.8 Å². The molecular formula is C19H18N4O3. The van der Waals surface area contributed by atoms with Crippen molar-refractivity contribution in [2.24, 2.45) is 0 Å². The van der Waals surface area contributed by atoms with Gasteiger partial charge in [0.2, 0.25) is 0 Å². The van der Waals surface area contributed by atoms with Gasteiger partial charge >= 0.3 is 0 Å². The molecule has 132 valence electrons. The minimum absolute atomic E-state index is 0.418. The molecule has 0 radical (unpaired) electrons. The first kappa shape index (κ1) is 16.0. The van der Waals surface area contributed by atoms with E-state index in [1.807, 2.05) is 42.5 Å². The molecule has 4 rings (SSSR count). The normalized spacial score (nSPS) is 12.9. The summed E-state index contributed by atoms with van der Waals surface area (Å²) in [5.41, 5.74) is 5.03. The quantitative estimate of drug-likeness (QED) is 0.731. The fraction of sp³-hybridized carbons (Fsp3) is 0.158. The third-order valence-corrected chi connectivity index (χ3v) is 3.96. The summed E-state index contributed by atoms with van der Waals surface area (Å²) < 4.78 is 16.6. The molecule has 7 heteroatoms. The van der Waals surface area contributed by atoms with Gasteiger partial charge in [0.05, 0.1) is 18.8 Å². The van der Waals surface area contributed by atoms with E-state index in [1.165, 1.54) is 6.33 Å². The van der Waals surface area contributed by atoms with Gasteiger partial charge in [0.1, 0.15) is 19.2 Å². The highest BCUT2D eigenvalue weighted by molar-refractivity contribution is 5.91. The second-order valence-corrected chi connectivity index (χ2v) is 5.68. The van der Waals surface area contributed by atoms with Crippen molar-refractivity contribution in [3.63, 3.8) is 0 Å². The van der Waals surface area contributed by atoms with Crippen LogP contribution in [0.15, 0.2) is 61.3 Å². The van der Waals surface area contributed by atoms with Crippen molar-refractivity contribution in [2.75, 3.05) is 19.3 Å². The van der Waals surface area contributed by atoms with E-state index in [4.69, 9.17) is 14.2 Å². The molecule has 0 aliphatic carbocycles. The summed E-state index contributed by atoms with van der Waals surface area (Å²) in [5.74, 6) is 1.93. The predicted octanol–water partition coefficient (Wildman–Crippen LogP) is 3.31. The lowest BCUT2D eigenvalue weighted by Crippen LogP contribution is -2.23. The van der Waals surface area contributed by atoms with Crippen LogP contribution in [0.2, 0.25) is 0 Å². The van der Waals surface area contributed by atoms with Gasteiger partial charge in [0.25, 0.3) is 0 Å². The van der Waals surface area contributed by atoms with Gasteiger partial charge in [0, 0.05) is 11.5 Å². The molecule has 1 aliphatic rings. The molecule has 3 aromatic rings. The fourth-order valence-corrected chi connectivity index (χ4v) is 2.65. The number of anilines is 1. The summed E-state index contributed by atoms with van der Waals surface area (Å²) in [6.45, 7) is 0.871. The van der Waals surface area contributed by atoms with Crippen LogP contribution >= 0.6 is 0 Å². The summed E-state index contributed by atoms with van der Waals surface area (Å²) in [6.07, 6.45) is 4.92. The number of fused-ring (bicyclic) bond motifs is 1. The third-order valence-electron chi connectivity index (χ3n) is 3.96. The van der Waals surface area contributed by atoms with E-state index in [0.717, 1.165) is 16.5 Å². The van der Waals surface area contributed by atoms with E-state index in [2.05, 4.69) is 15.4 Å². The molecule has 0 unspecified atom stereocenters. The molecule has 0 spiro atoms. The Morgan fingerprint density at radius 1 is 1.15 bits per heavy atom. The van der Waals surface area contributed by atoms with Crippen molar-refractivity contribution in [1.82, 2.24) is 15.0 Å². The van der Waals surface area contributed by atoms with Gasteiger partial charge in [-0.25, -0.2) is 9.97 Å². The number of nitrogens with zero attached hydrogens (tertiary/aromatic N) is 3. The minimum Gasteiger partial charge on any atom is -0.493 e. The van der Waals surface area contributed by atoms with Gasteiger partial charge in [-0.05, 0) is 11.6 Å². The zero-order chi connectivity index (χ0) is 17.8. The fourth-order valence-electron chi connectivity index (χ4n) is 2.65. The first-order valence-corrected chi connectivity index (χ1v) is 8.14. The van der Waals surface area contributed by atoms with Crippen molar-refractivity contribution in [1.29, 1.82) is 0 Å². The maximum Gasteiger partial charge on any atom is 0.178 e. The van der Waals surface area contributed by atoms with Crippen LogP contribution in [0.1, 0.15) is 5.56 Å². The predicted molar refractivity (Wildman–Crippen MR) is 97.4 cm³/mol. The maximum absolute atomic E-state index is 5.95. The first-order valence-electron chi connectivity index (χ1n) is 8.14. The van der Waals surface area contributed by atoms with E-state index in [9.17, 15) is 0 Å². The van der Waals surface area contributed by atoms with Crippen molar-refractivity contribution in [3.8, 4) is 11.5 Å². The van der Waals surface area contributed by atoms with Gasteiger partial charge in [-0.3, -0.25) is 10.4 Å². The van der Waals surface area contributed by atoms with E-state index < -0.39 is 0 Å². The second kappa shape index (κ2) is 7.18. The Morgan fingerprint density at radius 3 is 2.81 bits per heavy atom. The molecule has 0 fully saturated rings. The van der Waals surface area contributed by atoms with Crippen molar-refractivity contribution in [2.45, 2.75) is 6.61 Å². The molecule has 0 saturated heterocycles. The second-order valence-electron chi connectivity index (χ2n) is 5.68. The smallest absolute Gasteiger partial charge is 0.178 e. The highest BCUT2D eigenvalue weighted by Crippen LogP contribution is 2.34. The molecular weight excluding hydrogens is 332 g/mol. The van der Waals surface area contributed by atoms with Crippen molar-refractivity contribution >= 4 is 16.7 Å². The Hall–Kier alpha value is -3.48. The number of hydrogen-bond acceptors (Lipinski definition) is 7. The zero-order valence-corrected chi connectivity index (χ0v) is 14.3. The molecule has 2 aromatic carbocycles. The molecule has 1 N–H and O–H groups in total. The minimum atomic E-state index is 0.418. The molecule has 0 atom stereocenters. The zero-order valence-electron chi connectivity index (χ0n) is 14.3. The van der Waals surface area contributed by atoms with Crippen LogP contribution in [0.25, 0.3) is 10.9 Å². The number of aromatic nitrogens is 2. The average molecular weight is 350 g/mol. The topological polar surface area (TPSA) is 68.7 Å². The standard InChI is InChI=1S/C19H18N4O3/c1-24-17-9-15-16(10-18(17)26-11-14-5-3-2-4-6-14)20-12-21-19(15)22-23-7-8-25-13-23/h2-10,12H,11,13H2,1H3,(H,20,21,22). The van der Waals surface area contributed by atoms with Crippen LogP contribution in [0.3, 0.4) is 0 Å². The molecule has 1 aliphatic heterocycles. The monoisotopic (exact) mass is 350 g/mol. The number of nitrogens with one attached hydrogen (secondary N) is 1. The number of benzene rings is 2. The van der Waals surface area contributed by atoms with Gasteiger partial charge < -0.3 is 14.2 Å². The van der Waals surface area contributed by atoms with Gasteiger partial charge in [-0.1, -0.05) is 30.3 Å². The highest BCUT2D eigenvalue weighted by Gasteiger charge is 2.14. The van der Waals surface area contributed by atoms with Crippen LogP contribution in [0, 0.1) is 0 Å². The Labute approximate surface area is 150 Å². The Morgan fingerprint density at radius 2 is 2.04 bits per heavy atom. The van der Waals surface area contributed by atoms with Gasteiger partial charge in [0.15, 0.2) is 24.0 Å². The molecule has 1 aromatic heterocycles. The number of methoxy groups -OCH3 is 1. The summed E-state index contributed by atoms with van der Waals surface area (Å²) >= 11 is 0. The molecule has 0 bridgehead atoms. The SMILES string of the molecule is COc1cc2c(NN3C=COC3)ncnc2cc1OCc1ccccc1.